The van der Waals surface area contributed by atoms with Gasteiger partial charge in [0.2, 0.25) is 0 Å². The Morgan fingerprint density at radius 1 is 1.00 bits per heavy atom. The predicted octanol–water partition coefficient (Wildman–Crippen LogP) is 3.51. The molecule has 1 fully saturated rings. The first kappa shape index (κ1) is 19.5. The number of thioether (sulfide) groups is 1. The summed E-state index contributed by atoms with van der Waals surface area (Å²) in [6.45, 7) is 3.54. The van der Waals surface area contributed by atoms with Crippen LogP contribution in [0.3, 0.4) is 0 Å². The SMILES string of the molecule is O=C(c1ccc2c(=O)n3c(nc2c1)SCCC3)N1CCN(c2ccc(Cl)cc2)CC1. The molecule has 30 heavy (non-hydrogen) atoms. The standard InChI is InChI=1S/C22H21ClN4O2S/c23-16-3-5-17(6-4-16)25-9-11-26(12-10-25)20(28)15-2-7-18-19(14-15)24-22-27(21(18)29)8-1-13-30-22/h2-7,14H,1,8-13H2. The van der Waals surface area contributed by atoms with Crippen molar-refractivity contribution < 1.29 is 4.79 Å². The van der Waals surface area contributed by atoms with Gasteiger partial charge in [-0.2, -0.15) is 0 Å². The number of piperazine rings is 1. The zero-order valence-corrected chi connectivity index (χ0v) is 18.0. The summed E-state index contributed by atoms with van der Waals surface area (Å²) in [7, 11) is 0. The van der Waals surface area contributed by atoms with Crippen molar-refractivity contribution in [3.05, 3.63) is 63.4 Å². The highest BCUT2D eigenvalue weighted by molar-refractivity contribution is 7.99. The van der Waals surface area contributed by atoms with Crippen LogP contribution in [-0.2, 0) is 6.54 Å². The van der Waals surface area contributed by atoms with Gasteiger partial charge in [0, 0.05) is 54.8 Å². The van der Waals surface area contributed by atoms with Crippen LogP contribution in [0.25, 0.3) is 10.9 Å². The maximum atomic E-state index is 13.1. The number of halogens is 1. The minimum absolute atomic E-state index is 0.0140. The molecule has 5 rings (SSSR count). The minimum atomic E-state index is -0.0159. The lowest BCUT2D eigenvalue weighted by Crippen LogP contribution is -2.48. The second kappa shape index (κ2) is 7.96. The highest BCUT2D eigenvalue weighted by Gasteiger charge is 2.23. The van der Waals surface area contributed by atoms with Crippen molar-refractivity contribution in [3.63, 3.8) is 0 Å². The van der Waals surface area contributed by atoms with Crippen LogP contribution >= 0.6 is 23.4 Å². The van der Waals surface area contributed by atoms with E-state index in [1.54, 1.807) is 34.5 Å². The van der Waals surface area contributed by atoms with E-state index in [4.69, 9.17) is 11.6 Å². The maximum absolute atomic E-state index is 13.1. The monoisotopic (exact) mass is 440 g/mol. The van der Waals surface area contributed by atoms with Gasteiger partial charge in [-0.25, -0.2) is 4.98 Å². The lowest BCUT2D eigenvalue weighted by atomic mass is 10.1. The molecule has 2 aliphatic heterocycles. The number of amides is 1. The maximum Gasteiger partial charge on any atom is 0.262 e. The van der Waals surface area contributed by atoms with Crippen LogP contribution < -0.4 is 10.5 Å². The van der Waals surface area contributed by atoms with Crippen LogP contribution in [0.5, 0.6) is 0 Å². The molecule has 0 unspecified atom stereocenters. The molecule has 0 bridgehead atoms. The Bertz CT molecular complexity index is 1170. The number of rotatable bonds is 2. The fourth-order valence-electron chi connectivity index (χ4n) is 4.03. The zero-order valence-electron chi connectivity index (χ0n) is 16.4. The quantitative estimate of drug-likeness (QED) is 0.571. The molecule has 0 spiro atoms. The van der Waals surface area contributed by atoms with Gasteiger partial charge in [0.1, 0.15) is 0 Å². The van der Waals surface area contributed by atoms with Gasteiger partial charge in [-0.05, 0) is 48.9 Å². The molecule has 0 saturated carbocycles. The largest absolute Gasteiger partial charge is 0.368 e. The van der Waals surface area contributed by atoms with E-state index in [0.29, 0.717) is 36.1 Å². The van der Waals surface area contributed by atoms with Gasteiger partial charge in [-0.3, -0.25) is 14.2 Å². The Morgan fingerprint density at radius 3 is 2.53 bits per heavy atom. The second-order valence-corrected chi connectivity index (χ2v) is 9.04. The molecule has 8 heteroatoms. The average molecular weight is 441 g/mol. The van der Waals surface area contributed by atoms with Crippen molar-refractivity contribution in [2.24, 2.45) is 0 Å². The van der Waals surface area contributed by atoms with Crippen molar-refractivity contribution in [2.75, 3.05) is 36.8 Å². The highest BCUT2D eigenvalue weighted by atomic mass is 35.5. The number of anilines is 1. The molecule has 0 radical (unpaired) electrons. The number of carbonyl (C=O) groups excluding carboxylic acids is 1. The number of benzene rings is 2. The number of carbonyl (C=O) groups is 1. The Balaban J connectivity index is 1.35. The second-order valence-electron chi connectivity index (χ2n) is 7.54. The van der Waals surface area contributed by atoms with Crippen molar-refractivity contribution in [1.29, 1.82) is 0 Å². The van der Waals surface area contributed by atoms with Gasteiger partial charge in [0.25, 0.3) is 11.5 Å². The molecular formula is C22H21ClN4O2S. The Labute approximate surface area is 183 Å². The van der Waals surface area contributed by atoms with E-state index < -0.39 is 0 Å². The van der Waals surface area contributed by atoms with Gasteiger partial charge in [0.15, 0.2) is 5.16 Å². The number of nitrogens with zero attached hydrogens (tertiary/aromatic N) is 4. The number of aromatic nitrogens is 2. The van der Waals surface area contributed by atoms with E-state index in [1.165, 1.54) is 0 Å². The summed E-state index contributed by atoms with van der Waals surface area (Å²) in [5.41, 5.74) is 2.29. The van der Waals surface area contributed by atoms with Gasteiger partial charge in [-0.15, -0.1) is 0 Å². The zero-order chi connectivity index (χ0) is 20.7. The lowest BCUT2D eigenvalue weighted by molar-refractivity contribution is 0.0747. The topological polar surface area (TPSA) is 58.4 Å². The summed E-state index contributed by atoms with van der Waals surface area (Å²) in [6.07, 6.45) is 0.976. The van der Waals surface area contributed by atoms with Crippen molar-refractivity contribution in [2.45, 2.75) is 18.1 Å². The van der Waals surface area contributed by atoms with Gasteiger partial charge in [-0.1, -0.05) is 23.4 Å². The fraction of sp³-hybridized carbons (Fsp3) is 0.318. The van der Waals surface area contributed by atoms with Crippen LogP contribution in [0.4, 0.5) is 5.69 Å². The van der Waals surface area contributed by atoms with E-state index in [2.05, 4.69) is 9.88 Å². The molecule has 0 aliphatic carbocycles. The van der Waals surface area contributed by atoms with E-state index in [1.807, 2.05) is 29.2 Å². The molecule has 3 aromatic rings. The highest BCUT2D eigenvalue weighted by Crippen LogP contribution is 2.24. The molecule has 0 atom stereocenters. The summed E-state index contributed by atoms with van der Waals surface area (Å²) in [6, 6.07) is 13.0. The van der Waals surface area contributed by atoms with E-state index in [9.17, 15) is 9.59 Å². The van der Waals surface area contributed by atoms with Crippen LogP contribution in [0.15, 0.2) is 52.4 Å². The lowest BCUT2D eigenvalue weighted by Gasteiger charge is -2.36. The fourth-order valence-corrected chi connectivity index (χ4v) is 5.10. The Morgan fingerprint density at radius 2 is 1.77 bits per heavy atom. The van der Waals surface area contributed by atoms with Crippen LogP contribution in [0.1, 0.15) is 16.8 Å². The third kappa shape index (κ3) is 3.56. The summed E-state index contributed by atoms with van der Waals surface area (Å²) in [5.74, 6) is 0.953. The third-order valence-corrected chi connectivity index (χ3v) is 7.00. The summed E-state index contributed by atoms with van der Waals surface area (Å²) in [5, 5.41) is 2.04. The van der Waals surface area contributed by atoms with Crippen LogP contribution in [-0.4, -0.2) is 52.3 Å². The molecule has 2 aromatic carbocycles. The number of hydrogen-bond acceptors (Lipinski definition) is 5. The molecule has 1 aromatic heterocycles. The Kier molecular flexibility index (Phi) is 5.16. The first-order valence-electron chi connectivity index (χ1n) is 10.1. The molecule has 154 valence electrons. The molecule has 1 amide bonds. The normalized spacial score (nSPS) is 16.6. The first-order chi connectivity index (χ1) is 14.6. The number of fused-ring (bicyclic) bond motifs is 2. The molecule has 0 N–H and O–H groups in total. The van der Waals surface area contributed by atoms with Crippen molar-refractivity contribution in [3.8, 4) is 0 Å². The predicted molar refractivity (Wildman–Crippen MR) is 121 cm³/mol. The van der Waals surface area contributed by atoms with Gasteiger partial charge in [0.05, 0.1) is 10.9 Å². The van der Waals surface area contributed by atoms with E-state index >= 15 is 0 Å². The summed E-state index contributed by atoms with van der Waals surface area (Å²) in [4.78, 5) is 34.6. The molecule has 2 aliphatic rings. The van der Waals surface area contributed by atoms with Crippen LogP contribution in [0, 0.1) is 0 Å². The molecule has 6 nitrogen and oxygen atoms in total. The van der Waals surface area contributed by atoms with Crippen LogP contribution in [0.2, 0.25) is 5.02 Å². The van der Waals surface area contributed by atoms with Crippen molar-refractivity contribution >= 4 is 45.9 Å². The summed E-state index contributed by atoms with van der Waals surface area (Å²) < 4.78 is 1.74. The summed E-state index contributed by atoms with van der Waals surface area (Å²) >= 11 is 7.58. The minimum Gasteiger partial charge on any atom is -0.368 e. The smallest absolute Gasteiger partial charge is 0.262 e. The van der Waals surface area contributed by atoms with Crippen molar-refractivity contribution in [1.82, 2.24) is 14.5 Å². The molecule has 1 saturated heterocycles. The molecule has 3 heterocycles. The van der Waals surface area contributed by atoms with Gasteiger partial charge >= 0.3 is 0 Å². The van der Waals surface area contributed by atoms with Gasteiger partial charge < -0.3 is 9.80 Å². The first-order valence-corrected chi connectivity index (χ1v) is 11.4. The Hall–Kier alpha value is -2.51. The third-order valence-electron chi connectivity index (χ3n) is 5.68. The average Bonchev–Trinajstić information content (AvgIpc) is 2.79. The van der Waals surface area contributed by atoms with E-state index in [-0.39, 0.29) is 11.5 Å². The number of hydrogen-bond donors (Lipinski definition) is 0. The molecular weight excluding hydrogens is 420 g/mol. The van der Waals surface area contributed by atoms with E-state index in [0.717, 1.165) is 41.1 Å².